The Kier molecular flexibility index (Phi) is 12.8. The fraction of sp³-hybridized carbons (Fsp3) is 0.500. The average Bonchev–Trinajstić information content (AvgIpc) is 2.54. The number of aliphatic imine (C=N–C) groups is 1. The van der Waals surface area contributed by atoms with Gasteiger partial charge in [-0.1, -0.05) is 36.2 Å². The Labute approximate surface area is 160 Å². The topological polar surface area (TPSA) is 62.7 Å². The maximum Gasteiger partial charge on any atom is 0.305 e. The van der Waals surface area contributed by atoms with Gasteiger partial charge in [-0.2, -0.15) is 0 Å². The zero-order valence-corrected chi connectivity index (χ0v) is 16.7. The Morgan fingerprint density at radius 2 is 1.96 bits per heavy atom. The number of carbonyl (C=O) groups excluding carboxylic acids is 1. The van der Waals surface area contributed by atoms with Crippen molar-refractivity contribution in [2.45, 2.75) is 32.2 Å². The Morgan fingerprint density at radius 1 is 1.22 bits per heavy atom. The predicted octanol–water partition coefficient (Wildman–Crippen LogP) is 3.36. The van der Waals surface area contributed by atoms with E-state index in [1.807, 2.05) is 24.3 Å². The third-order valence-corrected chi connectivity index (χ3v) is 3.57. The number of halogens is 2. The molecule has 7 heteroatoms. The molecular weight excluding hydrogens is 429 g/mol. The average molecular weight is 454 g/mol. The Morgan fingerprint density at radius 3 is 2.61 bits per heavy atom. The van der Waals surface area contributed by atoms with Crippen molar-refractivity contribution in [3.63, 3.8) is 0 Å². The highest BCUT2D eigenvalue weighted by atomic mass is 127. The maximum atomic E-state index is 11.0. The van der Waals surface area contributed by atoms with E-state index in [0.717, 1.165) is 42.4 Å². The molecule has 5 nitrogen and oxygen atoms in total. The van der Waals surface area contributed by atoms with Gasteiger partial charge in [0.25, 0.3) is 0 Å². The highest BCUT2D eigenvalue weighted by molar-refractivity contribution is 14.0. The smallest absolute Gasteiger partial charge is 0.305 e. The number of benzene rings is 1. The Bertz CT molecular complexity index is 498. The number of methoxy groups -OCH3 is 1. The lowest BCUT2D eigenvalue weighted by Crippen LogP contribution is -2.37. The summed E-state index contributed by atoms with van der Waals surface area (Å²) >= 11 is 6.11. The van der Waals surface area contributed by atoms with Crippen LogP contribution in [0.5, 0.6) is 0 Å². The van der Waals surface area contributed by atoms with E-state index in [-0.39, 0.29) is 29.9 Å². The second-order valence-corrected chi connectivity index (χ2v) is 5.24. The first kappa shape index (κ1) is 22.0. The van der Waals surface area contributed by atoms with Gasteiger partial charge in [0.2, 0.25) is 0 Å². The number of guanidine groups is 1. The molecule has 0 aliphatic heterocycles. The van der Waals surface area contributed by atoms with Gasteiger partial charge in [0.15, 0.2) is 5.96 Å². The summed E-state index contributed by atoms with van der Waals surface area (Å²) in [6.45, 7) is 1.44. The molecule has 1 rings (SSSR count). The van der Waals surface area contributed by atoms with Crippen molar-refractivity contribution in [2.75, 3.05) is 20.7 Å². The molecule has 0 unspecified atom stereocenters. The minimum absolute atomic E-state index is 0. The second-order valence-electron chi connectivity index (χ2n) is 4.83. The van der Waals surface area contributed by atoms with Gasteiger partial charge in [-0.3, -0.25) is 9.79 Å². The van der Waals surface area contributed by atoms with Crippen LogP contribution in [0.1, 0.15) is 31.2 Å². The van der Waals surface area contributed by atoms with Crippen molar-refractivity contribution >= 4 is 47.5 Å². The first-order valence-corrected chi connectivity index (χ1v) is 7.80. The molecule has 0 aliphatic carbocycles. The SMILES string of the molecule is CN=C(NCCCCCC(=O)OC)NCc1ccccc1Cl.I. The molecule has 0 heterocycles. The summed E-state index contributed by atoms with van der Waals surface area (Å²) in [5, 5.41) is 7.21. The molecule has 23 heavy (non-hydrogen) atoms. The van der Waals surface area contributed by atoms with Crippen LogP contribution in [0.3, 0.4) is 0 Å². The molecule has 0 aromatic heterocycles. The lowest BCUT2D eigenvalue weighted by atomic mass is 10.2. The summed E-state index contributed by atoms with van der Waals surface area (Å²) in [5.41, 5.74) is 1.03. The zero-order chi connectivity index (χ0) is 16.2. The number of hydrogen-bond donors (Lipinski definition) is 2. The van der Waals surface area contributed by atoms with Crippen LogP contribution >= 0.6 is 35.6 Å². The van der Waals surface area contributed by atoms with Gasteiger partial charge in [-0.05, 0) is 24.5 Å². The first-order chi connectivity index (χ1) is 10.7. The molecule has 130 valence electrons. The van der Waals surface area contributed by atoms with Crippen molar-refractivity contribution < 1.29 is 9.53 Å². The molecule has 0 spiro atoms. The quantitative estimate of drug-likeness (QED) is 0.208. The van der Waals surface area contributed by atoms with Crippen LogP contribution in [0, 0.1) is 0 Å². The van der Waals surface area contributed by atoms with Gasteiger partial charge >= 0.3 is 5.97 Å². The molecule has 0 aliphatic rings. The fourth-order valence-electron chi connectivity index (χ4n) is 1.92. The van der Waals surface area contributed by atoms with Crippen LogP contribution in [-0.4, -0.2) is 32.6 Å². The number of hydrogen-bond acceptors (Lipinski definition) is 3. The maximum absolute atomic E-state index is 11.0. The highest BCUT2D eigenvalue weighted by Crippen LogP contribution is 2.14. The fourth-order valence-corrected chi connectivity index (χ4v) is 2.12. The van der Waals surface area contributed by atoms with E-state index in [9.17, 15) is 4.79 Å². The van der Waals surface area contributed by atoms with Crippen LogP contribution in [-0.2, 0) is 16.1 Å². The molecule has 2 N–H and O–H groups in total. The summed E-state index contributed by atoms with van der Waals surface area (Å²) < 4.78 is 4.60. The summed E-state index contributed by atoms with van der Waals surface area (Å²) in [5.74, 6) is 0.595. The van der Waals surface area contributed by atoms with Crippen molar-refractivity contribution in [1.29, 1.82) is 0 Å². The molecule has 0 radical (unpaired) electrons. The summed E-state index contributed by atoms with van der Waals surface area (Å²) in [4.78, 5) is 15.1. The number of unbranched alkanes of at least 4 members (excludes halogenated alkanes) is 2. The third-order valence-electron chi connectivity index (χ3n) is 3.21. The van der Waals surface area contributed by atoms with E-state index in [1.165, 1.54) is 7.11 Å². The van der Waals surface area contributed by atoms with Crippen LogP contribution in [0.25, 0.3) is 0 Å². The molecular formula is C16H25ClIN3O2. The van der Waals surface area contributed by atoms with E-state index >= 15 is 0 Å². The van der Waals surface area contributed by atoms with E-state index in [1.54, 1.807) is 7.05 Å². The molecule has 1 aromatic rings. The summed E-state index contributed by atoms with van der Waals surface area (Å²) in [6, 6.07) is 7.72. The van der Waals surface area contributed by atoms with Gasteiger partial charge in [0.05, 0.1) is 7.11 Å². The Balaban J connectivity index is 0.00000484. The summed E-state index contributed by atoms with van der Waals surface area (Å²) in [7, 11) is 3.15. The van der Waals surface area contributed by atoms with E-state index in [2.05, 4.69) is 20.4 Å². The lowest BCUT2D eigenvalue weighted by molar-refractivity contribution is -0.140. The van der Waals surface area contributed by atoms with Gasteiger partial charge in [-0.25, -0.2) is 0 Å². The lowest BCUT2D eigenvalue weighted by Gasteiger charge is -2.12. The number of carbonyl (C=O) groups is 1. The number of nitrogens with one attached hydrogen (secondary N) is 2. The standard InChI is InChI=1S/C16H24ClN3O2.HI/c1-18-16(19-11-7-3-4-10-15(21)22-2)20-12-13-8-5-6-9-14(13)17;/h5-6,8-9H,3-4,7,10-12H2,1-2H3,(H2,18,19,20);1H. The van der Waals surface area contributed by atoms with Crippen LogP contribution in [0.4, 0.5) is 0 Å². The minimum atomic E-state index is -0.148. The van der Waals surface area contributed by atoms with Crippen molar-refractivity contribution in [2.24, 2.45) is 4.99 Å². The molecule has 0 bridgehead atoms. The number of nitrogens with zero attached hydrogens (tertiary/aromatic N) is 1. The van der Waals surface area contributed by atoms with Gasteiger partial charge in [0, 0.05) is 31.6 Å². The van der Waals surface area contributed by atoms with E-state index < -0.39 is 0 Å². The Hall–Kier alpha value is -1.02. The summed E-state index contributed by atoms with van der Waals surface area (Å²) in [6.07, 6.45) is 3.28. The first-order valence-electron chi connectivity index (χ1n) is 7.42. The molecule has 0 fully saturated rings. The molecule has 0 atom stereocenters. The second kappa shape index (κ2) is 13.4. The van der Waals surface area contributed by atoms with Crippen molar-refractivity contribution in [1.82, 2.24) is 10.6 Å². The number of esters is 1. The highest BCUT2D eigenvalue weighted by Gasteiger charge is 2.02. The van der Waals surface area contributed by atoms with Gasteiger partial charge in [0.1, 0.15) is 0 Å². The zero-order valence-electron chi connectivity index (χ0n) is 13.6. The molecule has 0 saturated heterocycles. The molecule has 0 saturated carbocycles. The predicted molar refractivity (Wildman–Crippen MR) is 106 cm³/mol. The molecule has 0 amide bonds. The molecule has 1 aromatic carbocycles. The van der Waals surface area contributed by atoms with Crippen LogP contribution in [0.15, 0.2) is 29.3 Å². The van der Waals surface area contributed by atoms with Crippen LogP contribution < -0.4 is 10.6 Å². The monoisotopic (exact) mass is 453 g/mol. The minimum Gasteiger partial charge on any atom is -0.469 e. The largest absolute Gasteiger partial charge is 0.469 e. The van der Waals surface area contributed by atoms with Gasteiger partial charge in [-0.15, -0.1) is 24.0 Å². The normalized spacial score (nSPS) is 10.7. The third kappa shape index (κ3) is 9.65. The van der Waals surface area contributed by atoms with Gasteiger partial charge < -0.3 is 15.4 Å². The van der Waals surface area contributed by atoms with Crippen molar-refractivity contribution in [3.8, 4) is 0 Å². The van der Waals surface area contributed by atoms with Crippen LogP contribution in [0.2, 0.25) is 5.02 Å². The number of rotatable bonds is 8. The van der Waals surface area contributed by atoms with Crippen molar-refractivity contribution in [3.05, 3.63) is 34.9 Å². The van der Waals surface area contributed by atoms with E-state index in [0.29, 0.717) is 13.0 Å². The van der Waals surface area contributed by atoms with E-state index in [4.69, 9.17) is 11.6 Å². The number of ether oxygens (including phenoxy) is 1.